The molecule has 1 aromatic carbocycles. The first-order valence-corrected chi connectivity index (χ1v) is 7.94. The Hall–Kier alpha value is -1.61. The summed E-state index contributed by atoms with van der Waals surface area (Å²) in [5.41, 5.74) is 1.19. The molecule has 0 spiro atoms. The van der Waals surface area contributed by atoms with Crippen molar-refractivity contribution in [1.29, 1.82) is 0 Å². The third-order valence-electron chi connectivity index (χ3n) is 3.54. The average Bonchev–Trinajstić information content (AvgIpc) is 2.98. The Bertz CT molecular complexity index is 521. The van der Waals surface area contributed by atoms with Crippen molar-refractivity contribution in [3.63, 3.8) is 0 Å². The Labute approximate surface area is 125 Å². The molecule has 1 aromatic heterocycles. The molecule has 0 N–H and O–H groups in total. The van der Waals surface area contributed by atoms with E-state index in [1.165, 1.54) is 5.56 Å². The fraction of sp³-hybridized carbons (Fsp3) is 0.353. The predicted molar refractivity (Wildman–Crippen MR) is 84.8 cm³/mol. The molecular formula is C17H21NOS. The number of hydrogen-bond donors (Lipinski definition) is 0. The molecule has 106 valence electrons. The van der Waals surface area contributed by atoms with Crippen molar-refractivity contribution in [2.24, 2.45) is 0 Å². The number of amides is 1. The maximum atomic E-state index is 12.5. The molecule has 1 heterocycles. The zero-order chi connectivity index (χ0) is 14.4. The highest BCUT2D eigenvalue weighted by Gasteiger charge is 2.19. The molecule has 1 unspecified atom stereocenters. The van der Waals surface area contributed by atoms with E-state index in [1.807, 2.05) is 40.6 Å². The van der Waals surface area contributed by atoms with Crippen LogP contribution < -0.4 is 0 Å². The summed E-state index contributed by atoms with van der Waals surface area (Å²) in [6, 6.07) is 14.5. The summed E-state index contributed by atoms with van der Waals surface area (Å²) in [5, 5.41) is 2.02. The minimum atomic E-state index is 0.214. The van der Waals surface area contributed by atoms with E-state index >= 15 is 0 Å². The maximum absolute atomic E-state index is 12.5. The first kappa shape index (κ1) is 14.8. The van der Waals surface area contributed by atoms with E-state index in [9.17, 15) is 4.79 Å². The van der Waals surface area contributed by atoms with Crippen molar-refractivity contribution in [2.45, 2.75) is 39.3 Å². The summed E-state index contributed by atoms with van der Waals surface area (Å²) in [7, 11) is 0. The lowest BCUT2D eigenvalue weighted by Gasteiger charge is -2.28. The summed E-state index contributed by atoms with van der Waals surface area (Å²) in [6.07, 6.45) is 1.48. The third kappa shape index (κ3) is 3.94. The molecule has 2 aromatic rings. The van der Waals surface area contributed by atoms with E-state index in [0.717, 1.165) is 11.3 Å². The van der Waals surface area contributed by atoms with Crippen LogP contribution in [0.1, 0.15) is 30.7 Å². The van der Waals surface area contributed by atoms with Crippen LogP contribution in [0, 0.1) is 0 Å². The molecule has 3 heteroatoms. The van der Waals surface area contributed by atoms with Crippen molar-refractivity contribution in [3.8, 4) is 0 Å². The van der Waals surface area contributed by atoms with Crippen LogP contribution in [-0.2, 0) is 17.8 Å². The van der Waals surface area contributed by atoms with Gasteiger partial charge < -0.3 is 4.90 Å². The largest absolute Gasteiger partial charge is 0.335 e. The molecule has 0 radical (unpaired) electrons. The second kappa shape index (κ2) is 7.25. The lowest BCUT2D eigenvalue weighted by Crippen LogP contribution is -2.38. The summed E-state index contributed by atoms with van der Waals surface area (Å²) in [4.78, 5) is 15.7. The van der Waals surface area contributed by atoms with Crippen molar-refractivity contribution in [3.05, 3.63) is 58.3 Å². The molecule has 2 rings (SSSR count). The molecule has 0 aliphatic heterocycles. The number of carbonyl (C=O) groups is 1. The van der Waals surface area contributed by atoms with Crippen LogP contribution in [0.5, 0.6) is 0 Å². The van der Waals surface area contributed by atoms with Crippen LogP contribution in [-0.4, -0.2) is 16.8 Å². The van der Waals surface area contributed by atoms with E-state index in [1.54, 1.807) is 11.3 Å². The smallest absolute Gasteiger partial charge is 0.228 e. The molecule has 0 bridgehead atoms. The topological polar surface area (TPSA) is 20.3 Å². The van der Waals surface area contributed by atoms with Crippen LogP contribution in [0.4, 0.5) is 0 Å². The lowest BCUT2D eigenvalue weighted by molar-refractivity contribution is -0.133. The molecule has 0 saturated heterocycles. The van der Waals surface area contributed by atoms with Gasteiger partial charge in [0.25, 0.3) is 0 Å². The average molecular weight is 287 g/mol. The molecule has 0 aliphatic rings. The molecular weight excluding hydrogens is 266 g/mol. The van der Waals surface area contributed by atoms with Gasteiger partial charge >= 0.3 is 0 Å². The van der Waals surface area contributed by atoms with Gasteiger partial charge in [0.05, 0.1) is 6.42 Å². The SMILES string of the molecule is CCC(C)N(Cc1ccccc1)C(=O)Cc1cccs1. The van der Waals surface area contributed by atoms with Gasteiger partial charge in [-0.2, -0.15) is 0 Å². The standard InChI is InChI=1S/C17H21NOS/c1-3-14(2)18(13-15-8-5-4-6-9-15)17(19)12-16-10-7-11-20-16/h4-11,14H,3,12-13H2,1-2H3. The van der Waals surface area contributed by atoms with Gasteiger partial charge in [-0.05, 0) is 30.4 Å². The summed E-state index contributed by atoms with van der Waals surface area (Å²) < 4.78 is 0. The number of nitrogens with zero attached hydrogens (tertiary/aromatic N) is 1. The van der Waals surface area contributed by atoms with Gasteiger partial charge in [0.2, 0.25) is 5.91 Å². The predicted octanol–water partition coefficient (Wildman–Crippen LogP) is 4.12. The van der Waals surface area contributed by atoms with Gasteiger partial charge in [-0.25, -0.2) is 0 Å². The Morgan fingerprint density at radius 2 is 1.95 bits per heavy atom. The fourth-order valence-electron chi connectivity index (χ4n) is 2.15. The minimum absolute atomic E-state index is 0.214. The first-order valence-electron chi connectivity index (χ1n) is 7.06. The van der Waals surface area contributed by atoms with E-state index in [4.69, 9.17) is 0 Å². The zero-order valence-corrected chi connectivity index (χ0v) is 12.9. The molecule has 0 fully saturated rings. The molecule has 1 amide bonds. The van der Waals surface area contributed by atoms with E-state index in [-0.39, 0.29) is 11.9 Å². The zero-order valence-electron chi connectivity index (χ0n) is 12.1. The second-order valence-corrected chi connectivity index (χ2v) is 6.05. The Morgan fingerprint density at radius 1 is 1.20 bits per heavy atom. The minimum Gasteiger partial charge on any atom is -0.335 e. The number of benzene rings is 1. The molecule has 20 heavy (non-hydrogen) atoms. The van der Waals surface area contributed by atoms with Gasteiger partial charge in [0.15, 0.2) is 0 Å². The van der Waals surface area contributed by atoms with Crippen molar-refractivity contribution < 1.29 is 4.79 Å². The number of carbonyl (C=O) groups excluding carboxylic acids is 1. The third-order valence-corrected chi connectivity index (χ3v) is 4.42. The van der Waals surface area contributed by atoms with Gasteiger partial charge in [0.1, 0.15) is 0 Å². The summed E-state index contributed by atoms with van der Waals surface area (Å²) in [5.74, 6) is 0.214. The van der Waals surface area contributed by atoms with Crippen molar-refractivity contribution >= 4 is 17.2 Å². The Kier molecular flexibility index (Phi) is 5.36. The Morgan fingerprint density at radius 3 is 2.55 bits per heavy atom. The number of hydrogen-bond acceptors (Lipinski definition) is 2. The van der Waals surface area contributed by atoms with Crippen molar-refractivity contribution in [2.75, 3.05) is 0 Å². The number of thiophene rings is 1. The maximum Gasteiger partial charge on any atom is 0.228 e. The highest BCUT2D eigenvalue weighted by Crippen LogP contribution is 2.15. The highest BCUT2D eigenvalue weighted by atomic mass is 32.1. The van der Waals surface area contributed by atoms with Crippen LogP contribution in [0.15, 0.2) is 47.8 Å². The highest BCUT2D eigenvalue weighted by molar-refractivity contribution is 7.10. The van der Waals surface area contributed by atoms with Crippen molar-refractivity contribution in [1.82, 2.24) is 4.90 Å². The normalized spacial score (nSPS) is 12.1. The van der Waals surface area contributed by atoms with E-state index in [2.05, 4.69) is 26.0 Å². The van der Waals surface area contributed by atoms with Crippen LogP contribution in [0.2, 0.25) is 0 Å². The fourth-order valence-corrected chi connectivity index (χ4v) is 2.85. The molecule has 1 atom stereocenters. The second-order valence-electron chi connectivity index (χ2n) is 5.02. The summed E-state index contributed by atoms with van der Waals surface area (Å²) >= 11 is 1.65. The lowest BCUT2D eigenvalue weighted by atomic mass is 10.1. The van der Waals surface area contributed by atoms with Gasteiger partial charge in [-0.3, -0.25) is 4.79 Å². The molecule has 0 saturated carbocycles. The first-order chi connectivity index (χ1) is 9.70. The summed E-state index contributed by atoms with van der Waals surface area (Å²) in [6.45, 7) is 4.94. The molecule has 0 aliphatic carbocycles. The van der Waals surface area contributed by atoms with E-state index in [0.29, 0.717) is 13.0 Å². The molecule has 2 nitrogen and oxygen atoms in total. The van der Waals surface area contributed by atoms with Crippen LogP contribution >= 0.6 is 11.3 Å². The van der Waals surface area contributed by atoms with Gasteiger partial charge in [0, 0.05) is 17.5 Å². The Balaban J connectivity index is 2.09. The quantitative estimate of drug-likeness (QED) is 0.782. The van der Waals surface area contributed by atoms with E-state index < -0.39 is 0 Å². The van der Waals surface area contributed by atoms with Crippen LogP contribution in [0.25, 0.3) is 0 Å². The number of rotatable bonds is 6. The van der Waals surface area contributed by atoms with Crippen LogP contribution in [0.3, 0.4) is 0 Å². The van der Waals surface area contributed by atoms with Gasteiger partial charge in [-0.15, -0.1) is 11.3 Å². The monoisotopic (exact) mass is 287 g/mol. The van der Waals surface area contributed by atoms with Gasteiger partial charge in [-0.1, -0.05) is 43.3 Å².